The average Bonchev–Trinajstić information content (AvgIpc) is 2.67. The lowest BCUT2D eigenvalue weighted by molar-refractivity contribution is -0.118. The molecule has 3 N–H and O–H groups in total. The summed E-state index contributed by atoms with van der Waals surface area (Å²) < 4.78 is 5.47. The minimum absolute atomic E-state index is 0.229. The van der Waals surface area contributed by atoms with Gasteiger partial charge in [0.05, 0.1) is 5.56 Å². The van der Waals surface area contributed by atoms with Gasteiger partial charge in [-0.05, 0) is 23.8 Å². The normalized spacial score (nSPS) is 10.2. The van der Waals surface area contributed by atoms with Gasteiger partial charge in [-0.25, -0.2) is 0 Å². The number of anilines is 1. The molecule has 130 valence electrons. The molecule has 2 amide bonds. The van der Waals surface area contributed by atoms with E-state index in [0.717, 1.165) is 11.1 Å². The predicted octanol–water partition coefficient (Wildman–Crippen LogP) is 3.47. The van der Waals surface area contributed by atoms with Gasteiger partial charge in [0, 0.05) is 11.3 Å². The zero-order chi connectivity index (χ0) is 18.4. The van der Waals surface area contributed by atoms with E-state index < -0.39 is 5.91 Å². The summed E-state index contributed by atoms with van der Waals surface area (Å²) in [5.41, 5.74) is 8.16. The van der Waals surface area contributed by atoms with E-state index in [1.807, 2.05) is 54.6 Å². The maximum atomic E-state index is 12.3. The number of nitrogens with two attached hydrogens (primary N) is 1. The molecule has 5 nitrogen and oxygen atoms in total. The Morgan fingerprint density at radius 3 is 2.27 bits per heavy atom. The van der Waals surface area contributed by atoms with Gasteiger partial charge in [0.1, 0.15) is 5.75 Å². The number of para-hydroxylation sites is 2. The zero-order valence-electron chi connectivity index (χ0n) is 14.0. The molecular formula is C21H18N2O3. The van der Waals surface area contributed by atoms with Crippen molar-refractivity contribution < 1.29 is 14.3 Å². The van der Waals surface area contributed by atoms with Crippen molar-refractivity contribution in [2.45, 2.75) is 0 Å². The van der Waals surface area contributed by atoms with Gasteiger partial charge in [0.15, 0.2) is 6.61 Å². The first-order valence-electron chi connectivity index (χ1n) is 8.11. The van der Waals surface area contributed by atoms with E-state index in [2.05, 4.69) is 5.32 Å². The van der Waals surface area contributed by atoms with E-state index in [1.54, 1.807) is 24.3 Å². The Balaban J connectivity index is 1.71. The number of carbonyl (C=O) groups excluding carboxylic acids is 2. The zero-order valence-corrected chi connectivity index (χ0v) is 14.0. The molecule has 26 heavy (non-hydrogen) atoms. The largest absolute Gasteiger partial charge is 0.483 e. The van der Waals surface area contributed by atoms with Gasteiger partial charge in [0.25, 0.3) is 11.8 Å². The van der Waals surface area contributed by atoms with Gasteiger partial charge in [-0.2, -0.15) is 0 Å². The molecule has 0 saturated heterocycles. The van der Waals surface area contributed by atoms with Crippen LogP contribution in [0.15, 0.2) is 78.9 Å². The van der Waals surface area contributed by atoms with Gasteiger partial charge < -0.3 is 15.8 Å². The molecule has 5 heteroatoms. The van der Waals surface area contributed by atoms with Crippen LogP contribution in [0.2, 0.25) is 0 Å². The van der Waals surface area contributed by atoms with Gasteiger partial charge in [-0.15, -0.1) is 0 Å². The minimum Gasteiger partial charge on any atom is -0.483 e. The first kappa shape index (κ1) is 17.2. The molecule has 0 fully saturated rings. The smallest absolute Gasteiger partial charge is 0.262 e. The average molecular weight is 346 g/mol. The van der Waals surface area contributed by atoms with Crippen LogP contribution in [0.1, 0.15) is 10.4 Å². The molecule has 0 atom stereocenters. The van der Waals surface area contributed by atoms with Crippen molar-refractivity contribution in [1.82, 2.24) is 0 Å². The summed E-state index contributed by atoms with van der Waals surface area (Å²) in [4.78, 5) is 23.7. The first-order valence-corrected chi connectivity index (χ1v) is 8.11. The lowest BCUT2D eigenvalue weighted by Crippen LogP contribution is -2.22. The lowest BCUT2D eigenvalue weighted by Gasteiger charge is -2.13. The second kappa shape index (κ2) is 7.98. The highest BCUT2D eigenvalue weighted by molar-refractivity contribution is 5.97. The highest BCUT2D eigenvalue weighted by atomic mass is 16.5. The van der Waals surface area contributed by atoms with E-state index in [4.69, 9.17) is 10.5 Å². The van der Waals surface area contributed by atoms with Crippen LogP contribution in [0.5, 0.6) is 5.75 Å². The lowest BCUT2D eigenvalue weighted by atomic mass is 10.0. The Bertz CT molecular complexity index is 923. The maximum Gasteiger partial charge on any atom is 0.262 e. The van der Waals surface area contributed by atoms with Crippen LogP contribution in [-0.4, -0.2) is 18.4 Å². The van der Waals surface area contributed by atoms with E-state index >= 15 is 0 Å². The van der Waals surface area contributed by atoms with Crippen LogP contribution in [0.4, 0.5) is 5.69 Å². The number of nitrogens with one attached hydrogen (secondary N) is 1. The fourth-order valence-corrected chi connectivity index (χ4v) is 2.59. The quantitative estimate of drug-likeness (QED) is 0.717. The first-order chi connectivity index (χ1) is 12.6. The summed E-state index contributed by atoms with van der Waals surface area (Å²) in [6.45, 7) is -0.229. The van der Waals surface area contributed by atoms with Crippen molar-refractivity contribution >= 4 is 17.5 Å². The summed E-state index contributed by atoms with van der Waals surface area (Å²) in [5.74, 6) is -0.644. The molecule has 0 heterocycles. The number of ether oxygens (including phenoxy) is 1. The minimum atomic E-state index is -0.601. The van der Waals surface area contributed by atoms with Crippen molar-refractivity contribution in [2.75, 3.05) is 11.9 Å². The molecule has 0 aromatic heterocycles. The second-order valence-corrected chi connectivity index (χ2v) is 5.61. The molecule has 0 radical (unpaired) electrons. The van der Waals surface area contributed by atoms with Crippen molar-refractivity contribution in [2.24, 2.45) is 5.73 Å². The molecule has 0 aliphatic rings. The summed E-state index contributed by atoms with van der Waals surface area (Å²) >= 11 is 0. The standard InChI is InChI=1S/C21H18N2O3/c22-21(25)17-11-5-7-13-19(17)26-14-20(24)23-18-12-6-4-10-16(18)15-8-2-1-3-9-15/h1-13H,14H2,(H2,22,25)(H,23,24). The number of rotatable bonds is 6. The Morgan fingerprint density at radius 1 is 0.846 bits per heavy atom. The Labute approximate surface area is 151 Å². The fourth-order valence-electron chi connectivity index (χ4n) is 2.59. The third kappa shape index (κ3) is 4.08. The predicted molar refractivity (Wildman–Crippen MR) is 101 cm³/mol. The molecule has 0 aliphatic heterocycles. The number of primary amides is 1. The van der Waals surface area contributed by atoms with Crippen LogP contribution >= 0.6 is 0 Å². The summed E-state index contributed by atoms with van der Waals surface area (Å²) in [7, 11) is 0. The highest BCUT2D eigenvalue weighted by Crippen LogP contribution is 2.27. The van der Waals surface area contributed by atoms with Crippen LogP contribution < -0.4 is 15.8 Å². The highest BCUT2D eigenvalue weighted by Gasteiger charge is 2.12. The van der Waals surface area contributed by atoms with Gasteiger partial charge >= 0.3 is 0 Å². The number of amides is 2. The topological polar surface area (TPSA) is 81.4 Å². The summed E-state index contributed by atoms with van der Waals surface area (Å²) in [6, 6.07) is 23.9. The number of hydrogen-bond donors (Lipinski definition) is 2. The molecule has 0 unspecified atom stereocenters. The van der Waals surface area contributed by atoms with Crippen molar-refractivity contribution in [3.05, 3.63) is 84.4 Å². The maximum absolute atomic E-state index is 12.3. The van der Waals surface area contributed by atoms with E-state index in [1.165, 1.54) is 0 Å². The van der Waals surface area contributed by atoms with Gasteiger partial charge in [-0.1, -0.05) is 60.7 Å². The molecule has 0 bridgehead atoms. The van der Waals surface area contributed by atoms with Crippen LogP contribution in [0.25, 0.3) is 11.1 Å². The van der Waals surface area contributed by atoms with Crippen LogP contribution in [0, 0.1) is 0 Å². The Hall–Kier alpha value is -3.60. The van der Waals surface area contributed by atoms with E-state index in [0.29, 0.717) is 5.69 Å². The van der Waals surface area contributed by atoms with Gasteiger partial charge in [-0.3, -0.25) is 9.59 Å². The van der Waals surface area contributed by atoms with Crippen molar-refractivity contribution in [3.63, 3.8) is 0 Å². The van der Waals surface area contributed by atoms with Crippen LogP contribution in [0.3, 0.4) is 0 Å². The second-order valence-electron chi connectivity index (χ2n) is 5.61. The number of hydrogen-bond acceptors (Lipinski definition) is 3. The third-order valence-electron chi connectivity index (χ3n) is 3.80. The molecule has 3 aromatic carbocycles. The van der Waals surface area contributed by atoms with Crippen LogP contribution in [-0.2, 0) is 4.79 Å². The fraction of sp³-hybridized carbons (Fsp3) is 0.0476. The van der Waals surface area contributed by atoms with Crippen molar-refractivity contribution in [1.29, 1.82) is 0 Å². The third-order valence-corrected chi connectivity index (χ3v) is 3.80. The van der Waals surface area contributed by atoms with E-state index in [9.17, 15) is 9.59 Å². The SMILES string of the molecule is NC(=O)c1ccccc1OCC(=O)Nc1ccccc1-c1ccccc1. The number of carbonyl (C=O) groups is 2. The monoisotopic (exact) mass is 346 g/mol. The Morgan fingerprint density at radius 2 is 1.50 bits per heavy atom. The summed E-state index contributed by atoms with van der Waals surface area (Å²) in [5, 5.41) is 2.85. The van der Waals surface area contributed by atoms with Crippen molar-refractivity contribution in [3.8, 4) is 16.9 Å². The van der Waals surface area contributed by atoms with E-state index in [-0.39, 0.29) is 23.8 Å². The molecule has 0 spiro atoms. The molecule has 3 aromatic rings. The molecular weight excluding hydrogens is 328 g/mol. The molecule has 0 saturated carbocycles. The molecule has 3 rings (SSSR count). The molecule has 0 aliphatic carbocycles. The van der Waals surface area contributed by atoms with Gasteiger partial charge in [0.2, 0.25) is 0 Å². The Kier molecular flexibility index (Phi) is 5.29. The summed E-state index contributed by atoms with van der Waals surface area (Å²) in [6.07, 6.45) is 0. The number of benzene rings is 3.